The second-order valence-corrected chi connectivity index (χ2v) is 6.62. The van der Waals surface area contributed by atoms with Crippen LogP contribution in [0, 0.1) is 0 Å². The summed E-state index contributed by atoms with van der Waals surface area (Å²) in [6.07, 6.45) is 1.57. The maximum absolute atomic E-state index is 10.9. The van der Waals surface area contributed by atoms with E-state index in [4.69, 9.17) is 4.74 Å². The van der Waals surface area contributed by atoms with Gasteiger partial charge in [-0.3, -0.25) is 4.90 Å². The highest BCUT2D eigenvalue weighted by Gasteiger charge is 2.15. The monoisotopic (exact) mass is 250 g/mol. The Morgan fingerprint density at radius 3 is 2.81 bits per heavy atom. The molecular formula is C10H22N2O3S. The van der Waals surface area contributed by atoms with Gasteiger partial charge in [-0.25, -0.2) is 8.42 Å². The molecule has 1 unspecified atom stereocenters. The summed E-state index contributed by atoms with van der Waals surface area (Å²) >= 11 is 0. The van der Waals surface area contributed by atoms with E-state index in [-0.39, 0.29) is 5.75 Å². The number of hydrogen-bond acceptors (Lipinski definition) is 5. The Bertz CT molecular complexity index is 292. The molecule has 1 saturated heterocycles. The van der Waals surface area contributed by atoms with E-state index >= 15 is 0 Å². The van der Waals surface area contributed by atoms with Gasteiger partial charge in [-0.1, -0.05) is 0 Å². The summed E-state index contributed by atoms with van der Waals surface area (Å²) in [5.74, 6) is 0.215. The van der Waals surface area contributed by atoms with Crippen molar-refractivity contribution in [2.45, 2.75) is 13.0 Å². The van der Waals surface area contributed by atoms with Gasteiger partial charge in [-0.05, 0) is 6.92 Å². The van der Waals surface area contributed by atoms with Crippen molar-refractivity contribution in [1.82, 2.24) is 10.2 Å². The van der Waals surface area contributed by atoms with Crippen molar-refractivity contribution >= 4 is 9.84 Å². The molecular weight excluding hydrogens is 228 g/mol. The van der Waals surface area contributed by atoms with Crippen LogP contribution in [0.2, 0.25) is 0 Å². The molecule has 96 valence electrons. The zero-order valence-electron chi connectivity index (χ0n) is 10.1. The van der Waals surface area contributed by atoms with Crippen LogP contribution < -0.4 is 5.32 Å². The molecule has 0 amide bonds. The molecule has 1 aliphatic rings. The average molecular weight is 250 g/mol. The lowest BCUT2D eigenvalue weighted by Gasteiger charge is -2.31. The molecule has 0 radical (unpaired) electrons. The largest absolute Gasteiger partial charge is 0.376 e. The average Bonchev–Trinajstić information content (AvgIpc) is 2.15. The molecule has 1 N–H and O–H groups in total. The van der Waals surface area contributed by atoms with E-state index in [2.05, 4.69) is 17.1 Å². The van der Waals surface area contributed by atoms with Gasteiger partial charge in [0.25, 0.3) is 0 Å². The van der Waals surface area contributed by atoms with Gasteiger partial charge in [0.15, 0.2) is 0 Å². The Labute approximate surface area is 98.1 Å². The van der Waals surface area contributed by atoms with Crippen molar-refractivity contribution in [2.75, 3.05) is 51.3 Å². The van der Waals surface area contributed by atoms with Crippen molar-refractivity contribution in [3.63, 3.8) is 0 Å². The minimum atomic E-state index is -2.83. The van der Waals surface area contributed by atoms with Crippen LogP contribution >= 0.6 is 0 Å². The van der Waals surface area contributed by atoms with Crippen LogP contribution in [0.1, 0.15) is 6.92 Å². The smallest absolute Gasteiger partial charge is 0.148 e. The normalized spacial score (nSPS) is 23.5. The lowest BCUT2D eigenvalue weighted by atomic mass is 10.3. The van der Waals surface area contributed by atoms with Gasteiger partial charge in [0, 0.05) is 39.0 Å². The molecule has 16 heavy (non-hydrogen) atoms. The maximum atomic E-state index is 10.9. The predicted octanol–water partition coefficient (Wildman–Crippen LogP) is -0.659. The number of ether oxygens (including phenoxy) is 1. The highest BCUT2D eigenvalue weighted by Crippen LogP contribution is 2.02. The summed E-state index contributed by atoms with van der Waals surface area (Å²) in [4.78, 5) is 2.33. The van der Waals surface area contributed by atoms with Crippen LogP contribution in [0.5, 0.6) is 0 Å². The van der Waals surface area contributed by atoms with Crippen molar-refractivity contribution in [2.24, 2.45) is 0 Å². The number of morpholine rings is 1. The summed E-state index contributed by atoms with van der Waals surface area (Å²) in [7, 11) is -2.83. The molecule has 0 aromatic rings. The van der Waals surface area contributed by atoms with Crippen LogP contribution in [0.4, 0.5) is 0 Å². The van der Waals surface area contributed by atoms with E-state index in [1.54, 1.807) is 0 Å². The maximum Gasteiger partial charge on any atom is 0.148 e. The van der Waals surface area contributed by atoms with Crippen molar-refractivity contribution in [3.05, 3.63) is 0 Å². The highest BCUT2D eigenvalue weighted by molar-refractivity contribution is 7.90. The molecule has 0 saturated carbocycles. The summed E-state index contributed by atoms with van der Waals surface area (Å²) < 4.78 is 27.2. The SMILES string of the molecule is CC1CN(CCNCCS(C)(=O)=O)CCO1. The number of sulfone groups is 1. The first-order chi connectivity index (χ1) is 7.47. The van der Waals surface area contributed by atoms with E-state index in [1.165, 1.54) is 6.26 Å². The fraction of sp³-hybridized carbons (Fsp3) is 1.00. The van der Waals surface area contributed by atoms with Crippen molar-refractivity contribution < 1.29 is 13.2 Å². The lowest BCUT2D eigenvalue weighted by molar-refractivity contribution is -0.0176. The summed E-state index contributed by atoms with van der Waals surface area (Å²) in [6.45, 7) is 7.14. The van der Waals surface area contributed by atoms with Gasteiger partial charge < -0.3 is 10.1 Å². The predicted molar refractivity (Wildman–Crippen MR) is 64.4 cm³/mol. The molecule has 0 aromatic carbocycles. The number of nitrogens with one attached hydrogen (secondary N) is 1. The standard InChI is InChI=1S/C10H22N2O3S/c1-10-9-12(6-7-15-10)5-3-11-4-8-16(2,13)14/h10-11H,3-9H2,1-2H3. The molecule has 5 nitrogen and oxygen atoms in total. The second-order valence-electron chi connectivity index (χ2n) is 4.36. The molecule has 1 aliphatic heterocycles. The van der Waals surface area contributed by atoms with E-state index in [9.17, 15) is 8.42 Å². The number of rotatable bonds is 6. The molecule has 6 heteroatoms. The van der Waals surface area contributed by atoms with Gasteiger partial charge in [-0.2, -0.15) is 0 Å². The van der Waals surface area contributed by atoms with E-state index in [0.29, 0.717) is 12.6 Å². The fourth-order valence-corrected chi connectivity index (χ4v) is 2.23. The van der Waals surface area contributed by atoms with E-state index in [1.807, 2.05) is 0 Å². The Hall–Kier alpha value is -0.170. The fourth-order valence-electron chi connectivity index (χ4n) is 1.71. The summed E-state index contributed by atoms with van der Waals surface area (Å²) in [6, 6.07) is 0. The Kier molecular flexibility index (Phi) is 5.68. The molecule has 1 atom stereocenters. The zero-order chi connectivity index (χ0) is 12.0. The van der Waals surface area contributed by atoms with Crippen LogP contribution in [0.15, 0.2) is 0 Å². The summed E-state index contributed by atoms with van der Waals surface area (Å²) in [5.41, 5.74) is 0. The first-order valence-electron chi connectivity index (χ1n) is 5.70. The third kappa shape index (κ3) is 6.42. The van der Waals surface area contributed by atoms with Gasteiger partial charge in [0.1, 0.15) is 9.84 Å². The lowest BCUT2D eigenvalue weighted by Crippen LogP contribution is -2.44. The summed E-state index contributed by atoms with van der Waals surface area (Å²) in [5, 5.41) is 3.14. The van der Waals surface area contributed by atoms with Crippen molar-refractivity contribution in [1.29, 1.82) is 0 Å². The third-order valence-corrected chi connectivity index (χ3v) is 3.53. The second kappa shape index (κ2) is 6.54. The van der Waals surface area contributed by atoms with Crippen molar-refractivity contribution in [3.8, 4) is 0 Å². The van der Waals surface area contributed by atoms with Gasteiger partial charge >= 0.3 is 0 Å². The Balaban J connectivity index is 2.02. The van der Waals surface area contributed by atoms with Gasteiger partial charge in [0.2, 0.25) is 0 Å². The number of nitrogens with zero attached hydrogens (tertiary/aromatic N) is 1. The third-order valence-electron chi connectivity index (χ3n) is 2.58. The van der Waals surface area contributed by atoms with Crippen LogP contribution in [0.25, 0.3) is 0 Å². The Morgan fingerprint density at radius 2 is 2.19 bits per heavy atom. The molecule has 1 rings (SSSR count). The van der Waals surface area contributed by atoms with Gasteiger partial charge in [0.05, 0.1) is 18.5 Å². The minimum absolute atomic E-state index is 0.215. The minimum Gasteiger partial charge on any atom is -0.376 e. The molecule has 1 heterocycles. The topological polar surface area (TPSA) is 58.6 Å². The first kappa shape index (κ1) is 13.9. The molecule has 1 fully saturated rings. The first-order valence-corrected chi connectivity index (χ1v) is 7.76. The van der Waals surface area contributed by atoms with Crippen LogP contribution in [0.3, 0.4) is 0 Å². The van der Waals surface area contributed by atoms with Gasteiger partial charge in [-0.15, -0.1) is 0 Å². The molecule has 0 aromatic heterocycles. The Morgan fingerprint density at radius 1 is 1.44 bits per heavy atom. The number of hydrogen-bond donors (Lipinski definition) is 1. The highest BCUT2D eigenvalue weighted by atomic mass is 32.2. The van der Waals surface area contributed by atoms with E-state index < -0.39 is 9.84 Å². The van der Waals surface area contributed by atoms with E-state index in [0.717, 1.165) is 32.8 Å². The van der Waals surface area contributed by atoms with Crippen LogP contribution in [-0.4, -0.2) is 70.8 Å². The quantitative estimate of drug-likeness (QED) is 0.634. The molecule has 0 aliphatic carbocycles. The molecule has 0 bridgehead atoms. The zero-order valence-corrected chi connectivity index (χ0v) is 10.9. The van der Waals surface area contributed by atoms with Crippen LogP contribution in [-0.2, 0) is 14.6 Å². The molecule has 0 spiro atoms.